The van der Waals surface area contributed by atoms with Gasteiger partial charge in [-0.05, 0) is 86.4 Å². The summed E-state index contributed by atoms with van der Waals surface area (Å²) < 4.78 is 48.4. The second kappa shape index (κ2) is 9.13. The number of aromatic hydroxyl groups is 1. The SMILES string of the molecule is CN(C(=O)/C=C/c1cccc(OC(F)(F)F)c1)C1CCC2Oc3c(O)ccc4c3[C@@]23CCN(CC2CC2)[C@H](C4)[C@]13O. The van der Waals surface area contributed by atoms with Crippen LogP contribution in [0.15, 0.2) is 42.5 Å². The van der Waals surface area contributed by atoms with Gasteiger partial charge in [0, 0.05) is 31.3 Å². The summed E-state index contributed by atoms with van der Waals surface area (Å²) in [4.78, 5) is 17.6. The number of hydrogen-bond donors (Lipinski definition) is 2. The van der Waals surface area contributed by atoms with Crippen molar-refractivity contribution in [2.45, 2.75) is 74.1 Å². The fourth-order valence-corrected chi connectivity index (χ4v) is 8.23. The third kappa shape index (κ3) is 4.05. The van der Waals surface area contributed by atoms with Crippen LogP contribution in [0.2, 0.25) is 0 Å². The van der Waals surface area contributed by atoms with Crippen LogP contribution in [0.1, 0.15) is 48.8 Å². The van der Waals surface area contributed by atoms with E-state index in [9.17, 15) is 28.2 Å². The van der Waals surface area contributed by atoms with E-state index in [1.807, 2.05) is 6.07 Å². The molecule has 5 atom stereocenters. The first-order valence-corrected chi connectivity index (χ1v) is 14.3. The van der Waals surface area contributed by atoms with Gasteiger partial charge in [-0.3, -0.25) is 9.69 Å². The minimum absolute atomic E-state index is 0.0781. The molecule has 1 amide bonds. The van der Waals surface area contributed by atoms with Crippen LogP contribution in [0.3, 0.4) is 0 Å². The summed E-state index contributed by atoms with van der Waals surface area (Å²) in [5.74, 6) is 0.455. The van der Waals surface area contributed by atoms with E-state index >= 15 is 0 Å². The largest absolute Gasteiger partial charge is 0.573 e. The number of piperidine rings is 1. The van der Waals surface area contributed by atoms with Gasteiger partial charge in [0.05, 0.1) is 11.5 Å². The second-order valence-corrected chi connectivity index (χ2v) is 12.3. The number of phenols is 1. The van der Waals surface area contributed by atoms with Gasteiger partial charge < -0.3 is 24.6 Å². The first kappa shape index (κ1) is 26.6. The Morgan fingerprint density at radius 2 is 2.02 bits per heavy atom. The first-order chi connectivity index (χ1) is 19.5. The highest BCUT2D eigenvalue weighted by Gasteiger charge is 2.74. The van der Waals surface area contributed by atoms with Crippen LogP contribution in [0.25, 0.3) is 6.08 Å². The van der Waals surface area contributed by atoms with Crippen LogP contribution in [0, 0.1) is 5.92 Å². The number of hydrogen-bond acceptors (Lipinski definition) is 6. The molecule has 2 saturated carbocycles. The zero-order valence-corrected chi connectivity index (χ0v) is 22.7. The first-order valence-electron chi connectivity index (χ1n) is 14.3. The topological polar surface area (TPSA) is 82.5 Å². The molecule has 3 aliphatic carbocycles. The quantitative estimate of drug-likeness (QED) is 0.502. The molecule has 7 nitrogen and oxygen atoms in total. The van der Waals surface area contributed by atoms with Gasteiger partial charge in [0.1, 0.15) is 17.5 Å². The van der Waals surface area contributed by atoms with Crippen LogP contribution < -0.4 is 9.47 Å². The lowest BCUT2D eigenvalue weighted by atomic mass is 9.47. The van der Waals surface area contributed by atoms with Crippen molar-refractivity contribution in [1.82, 2.24) is 9.80 Å². The van der Waals surface area contributed by atoms with E-state index in [-0.39, 0.29) is 29.6 Å². The molecule has 10 heteroatoms. The summed E-state index contributed by atoms with van der Waals surface area (Å²) in [7, 11) is 1.69. The van der Waals surface area contributed by atoms with Crippen molar-refractivity contribution in [2.75, 3.05) is 20.1 Å². The lowest BCUT2D eigenvalue weighted by molar-refractivity contribution is -0.274. The number of aliphatic hydroxyl groups is 1. The Hall–Kier alpha value is -3.24. The fourth-order valence-electron chi connectivity index (χ4n) is 8.23. The predicted molar refractivity (Wildman–Crippen MR) is 144 cm³/mol. The number of halogens is 3. The molecule has 1 spiro atoms. The summed E-state index contributed by atoms with van der Waals surface area (Å²) in [6.45, 7) is 1.73. The Kier molecular flexibility index (Phi) is 5.93. The third-order valence-corrected chi connectivity index (χ3v) is 10.1. The lowest BCUT2D eigenvalue weighted by Gasteiger charge is -2.66. The Balaban J connectivity index is 1.23. The third-order valence-electron chi connectivity index (χ3n) is 10.1. The van der Waals surface area contributed by atoms with Crippen molar-refractivity contribution in [2.24, 2.45) is 5.92 Å². The van der Waals surface area contributed by atoms with Gasteiger partial charge in [0.2, 0.25) is 5.91 Å². The number of likely N-dealkylation sites (N-methyl/N-ethyl adjacent to an activating group) is 1. The summed E-state index contributed by atoms with van der Waals surface area (Å²) in [6.07, 6.45) is 2.47. The summed E-state index contributed by atoms with van der Waals surface area (Å²) in [5.41, 5.74) is 0.316. The van der Waals surface area contributed by atoms with Gasteiger partial charge in [-0.2, -0.15) is 0 Å². The van der Waals surface area contributed by atoms with Gasteiger partial charge in [0.15, 0.2) is 11.5 Å². The lowest BCUT2D eigenvalue weighted by Crippen LogP contribution is -2.81. The van der Waals surface area contributed by atoms with Crippen LogP contribution in [0.5, 0.6) is 17.2 Å². The number of alkyl halides is 3. The van der Waals surface area contributed by atoms with E-state index in [0.717, 1.165) is 24.2 Å². The molecule has 2 N–H and O–H groups in total. The summed E-state index contributed by atoms with van der Waals surface area (Å²) >= 11 is 0. The molecule has 2 unspecified atom stereocenters. The minimum Gasteiger partial charge on any atom is -0.504 e. The van der Waals surface area contributed by atoms with Crippen molar-refractivity contribution < 1.29 is 37.7 Å². The molecule has 0 aromatic heterocycles. The van der Waals surface area contributed by atoms with Crippen molar-refractivity contribution >= 4 is 12.0 Å². The number of phenolic OH excluding ortho intramolecular Hbond substituents is 1. The van der Waals surface area contributed by atoms with E-state index in [1.54, 1.807) is 24.1 Å². The van der Waals surface area contributed by atoms with Gasteiger partial charge in [-0.15, -0.1) is 13.2 Å². The monoisotopic (exact) mass is 570 g/mol. The van der Waals surface area contributed by atoms with E-state index in [1.165, 1.54) is 43.2 Å². The highest BCUT2D eigenvalue weighted by molar-refractivity contribution is 5.92. The summed E-state index contributed by atoms with van der Waals surface area (Å²) in [6, 6.07) is 8.34. The molecule has 1 saturated heterocycles. The summed E-state index contributed by atoms with van der Waals surface area (Å²) in [5, 5.41) is 23.8. The van der Waals surface area contributed by atoms with Crippen molar-refractivity contribution in [1.29, 1.82) is 0 Å². The second-order valence-electron chi connectivity index (χ2n) is 12.3. The highest BCUT2D eigenvalue weighted by atomic mass is 19.4. The Morgan fingerprint density at radius 1 is 1.22 bits per heavy atom. The Morgan fingerprint density at radius 3 is 2.78 bits per heavy atom. The number of carbonyl (C=O) groups is 1. The number of rotatable bonds is 6. The maximum absolute atomic E-state index is 13.6. The van der Waals surface area contributed by atoms with Crippen molar-refractivity contribution in [3.05, 3.63) is 59.2 Å². The number of carbonyl (C=O) groups excluding carboxylic acids is 1. The van der Waals surface area contributed by atoms with Gasteiger partial charge in [-0.1, -0.05) is 18.2 Å². The van der Waals surface area contributed by atoms with Crippen molar-refractivity contribution in [3.63, 3.8) is 0 Å². The molecule has 2 bridgehead atoms. The normalized spacial score (nSPS) is 32.0. The maximum Gasteiger partial charge on any atom is 0.573 e. The van der Waals surface area contributed by atoms with E-state index < -0.39 is 23.4 Å². The van der Waals surface area contributed by atoms with E-state index in [0.29, 0.717) is 42.9 Å². The van der Waals surface area contributed by atoms with Gasteiger partial charge in [0.25, 0.3) is 0 Å². The predicted octanol–water partition coefficient (Wildman–Crippen LogP) is 4.40. The van der Waals surface area contributed by atoms with Crippen LogP contribution >= 0.6 is 0 Å². The molecule has 3 fully saturated rings. The Bertz CT molecular complexity index is 1420. The molecule has 5 aliphatic rings. The molecule has 2 heterocycles. The van der Waals surface area contributed by atoms with Gasteiger partial charge >= 0.3 is 6.36 Å². The zero-order chi connectivity index (χ0) is 28.7. The molecule has 2 aromatic rings. The molecular formula is C31H33F3N2O5. The standard InChI is InChI=1S/C31H33F3N2O5/c1-35(26(38)12-7-18-3-2-4-21(15-18)41-31(32,33)34)23-10-11-25-29-13-14-36(17-19-5-6-19)24(30(23,29)39)16-20-8-9-22(37)28(40-25)27(20)29/h2-4,7-9,12,15,19,23-25,37,39H,5-6,10-11,13-14,16-17H2,1H3/b12-7+/t23?,24-,25?,29-,30-/m1/s1. The highest BCUT2D eigenvalue weighted by Crippen LogP contribution is 2.66. The van der Waals surface area contributed by atoms with Crippen LogP contribution in [0.4, 0.5) is 13.2 Å². The number of amides is 1. The van der Waals surface area contributed by atoms with E-state index in [4.69, 9.17) is 4.74 Å². The zero-order valence-electron chi connectivity index (χ0n) is 22.7. The number of nitrogens with zero attached hydrogens (tertiary/aromatic N) is 2. The number of ether oxygens (including phenoxy) is 2. The number of likely N-dealkylation sites (tertiary alicyclic amines) is 1. The van der Waals surface area contributed by atoms with Gasteiger partial charge in [-0.25, -0.2) is 0 Å². The van der Waals surface area contributed by atoms with E-state index in [2.05, 4.69) is 9.64 Å². The average Bonchev–Trinajstić information content (AvgIpc) is 3.66. The molecule has 0 radical (unpaired) electrons. The minimum atomic E-state index is -4.81. The maximum atomic E-state index is 13.6. The molecule has 7 rings (SSSR count). The molecule has 2 aromatic carbocycles. The van der Waals surface area contributed by atoms with Crippen molar-refractivity contribution in [3.8, 4) is 17.2 Å². The molecule has 2 aliphatic heterocycles. The average molecular weight is 571 g/mol. The molecular weight excluding hydrogens is 537 g/mol. The van der Waals surface area contributed by atoms with Crippen LogP contribution in [-0.4, -0.2) is 76.2 Å². The van der Waals surface area contributed by atoms with Crippen LogP contribution in [-0.2, 0) is 16.6 Å². The Labute approximate surface area is 236 Å². The molecule has 41 heavy (non-hydrogen) atoms. The number of benzene rings is 2. The molecule has 218 valence electrons. The fraction of sp³-hybridized carbons (Fsp3) is 0.516. The smallest absolute Gasteiger partial charge is 0.504 e.